The fraction of sp³-hybridized carbons (Fsp3) is 0.261. The van der Waals surface area contributed by atoms with Crippen molar-refractivity contribution in [3.8, 4) is 11.4 Å². The number of rotatable bonds is 5. The van der Waals surface area contributed by atoms with E-state index in [0.717, 1.165) is 11.8 Å². The maximum absolute atomic E-state index is 13.4. The lowest BCUT2D eigenvalue weighted by molar-refractivity contribution is -0.117. The van der Waals surface area contributed by atoms with E-state index in [1.54, 1.807) is 54.0 Å². The summed E-state index contributed by atoms with van der Waals surface area (Å²) in [5, 5.41) is 14.3. The van der Waals surface area contributed by atoms with Crippen LogP contribution in [0, 0.1) is 0 Å². The molecule has 3 amide bonds. The Balaban J connectivity index is 1.73. The van der Waals surface area contributed by atoms with E-state index in [9.17, 15) is 14.4 Å². The molecule has 2 heterocycles. The SMILES string of the molecule is COc1cccc(-n2c(=O)c3ccccc3n3c(SCC(=O)NC(=O)NC(C)(C)C)nnc23)c1. The molecule has 0 fully saturated rings. The van der Waals surface area contributed by atoms with Gasteiger partial charge in [-0.05, 0) is 45.0 Å². The summed E-state index contributed by atoms with van der Waals surface area (Å²) >= 11 is 1.11. The molecule has 0 aliphatic heterocycles. The molecule has 0 atom stereocenters. The van der Waals surface area contributed by atoms with Crippen LogP contribution in [0.3, 0.4) is 0 Å². The van der Waals surface area contributed by atoms with Crippen LogP contribution < -0.4 is 20.9 Å². The van der Waals surface area contributed by atoms with Crippen molar-refractivity contribution < 1.29 is 14.3 Å². The Kier molecular flexibility index (Phi) is 6.29. The first-order valence-electron chi connectivity index (χ1n) is 10.5. The number of hydrogen-bond acceptors (Lipinski definition) is 7. The number of imide groups is 1. The largest absolute Gasteiger partial charge is 0.497 e. The second kappa shape index (κ2) is 9.18. The van der Waals surface area contributed by atoms with E-state index in [1.807, 2.05) is 26.8 Å². The summed E-state index contributed by atoms with van der Waals surface area (Å²) in [6, 6.07) is 13.6. The van der Waals surface area contributed by atoms with E-state index in [-0.39, 0.29) is 11.3 Å². The number of thioether (sulfide) groups is 1. The number of nitrogens with one attached hydrogen (secondary N) is 2. The van der Waals surface area contributed by atoms with Crippen molar-refractivity contribution in [3.05, 3.63) is 58.9 Å². The van der Waals surface area contributed by atoms with Crippen molar-refractivity contribution >= 4 is 40.4 Å². The van der Waals surface area contributed by atoms with Gasteiger partial charge in [-0.25, -0.2) is 9.36 Å². The third-order valence-electron chi connectivity index (χ3n) is 4.78. The third-order valence-corrected chi connectivity index (χ3v) is 5.71. The van der Waals surface area contributed by atoms with Crippen molar-refractivity contribution in [2.75, 3.05) is 12.9 Å². The number of urea groups is 1. The summed E-state index contributed by atoms with van der Waals surface area (Å²) in [5.41, 5.74) is 0.459. The molecule has 0 saturated heterocycles. The number of carbonyl (C=O) groups excluding carboxylic acids is 2. The summed E-state index contributed by atoms with van der Waals surface area (Å²) in [7, 11) is 1.55. The van der Waals surface area contributed by atoms with Crippen LogP contribution in [0.4, 0.5) is 4.79 Å². The molecule has 0 aliphatic rings. The van der Waals surface area contributed by atoms with Crippen molar-refractivity contribution in [2.45, 2.75) is 31.5 Å². The smallest absolute Gasteiger partial charge is 0.321 e. The van der Waals surface area contributed by atoms with Crippen LogP contribution in [0.15, 0.2) is 58.5 Å². The minimum atomic E-state index is -0.568. The number of nitrogens with zero attached hydrogens (tertiary/aromatic N) is 4. The van der Waals surface area contributed by atoms with Crippen LogP contribution in [0.2, 0.25) is 0 Å². The molecule has 34 heavy (non-hydrogen) atoms. The molecule has 2 N–H and O–H groups in total. The van der Waals surface area contributed by atoms with Gasteiger partial charge in [0.15, 0.2) is 5.16 Å². The lowest BCUT2D eigenvalue weighted by Crippen LogP contribution is -2.48. The van der Waals surface area contributed by atoms with Gasteiger partial charge in [0.05, 0.1) is 29.5 Å². The van der Waals surface area contributed by atoms with Crippen molar-refractivity contribution in [3.63, 3.8) is 0 Å². The van der Waals surface area contributed by atoms with E-state index in [4.69, 9.17) is 4.74 Å². The van der Waals surface area contributed by atoms with Crippen LogP contribution in [0.1, 0.15) is 20.8 Å². The Bertz CT molecular complexity index is 1450. The Labute approximate surface area is 199 Å². The molecular formula is C23H24N6O4S. The Morgan fingerprint density at radius 1 is 1.09 bits per heavy atom. The average molecular weight is 481 g/mol. The molecule has 0 bridgehead atoms. The van der Waals surface area contributed by atoms with Crippen molar-refractivity contribution in [1.29, 1.82) is 0 Å². The van der Waals surface area contributed by atoms with Gasteiger partial charge in [0, 0.05) is 11.6 Å². The zero-order chi connectivity index (χ0) is 24.5. The normalized spacial score (nSPS) is 11.5. The van der Waals surface area contributed by atoms with Crippen LogP contribution in [-0.2, 0) is 4.79 Å². The highest BCUT2D eigenvalue weighted by atomic mass is 32.2. The summed E-state index contributed by atoms with van der Waals surface area (Å²) in [6.07, 6.45) is 0. The van der Waals surface area contributed by atoms with Gasteiger partial charge in [-0.1, -0.05) is 30.0 Å². The van der Waals surface area contributed by atoms with E-state index in [2.05, 4.69) is 20.8 Å². The number of ether oxygens (including phenoxy) is 1. The first kappa shape index (κ1) is 23.3. The van der Waals surface area contributed by atoms with E-state index >= 15 is 0 Å². The number of aromatic nitrogens is 4. The first-order chi connectivity index (χ1) is 16.2. The molecule has 0 aliphatic carbocycles. The Morgan fingerprint density at radius 3 is 2.59 bits per heavy atom. The lowest BCUT2D eigenvalue weighted by Gasteiger charge is -2.20. The lowest BCUT2D eigenvalue weighted by atomic mass is 10.1. The molecule has 0 unspecified atom stereocenters. The second-order valence-electron chi connectivity index (χ2n) is 8.52. The monoisotopic (exact) mass is 480 g/mol. The van der Waals surface area contributed by atoms with Crippen LogP contribution in [-0.4, -0.2) is 49.5 Å². The highest BCUT2D eigenvalue weighted by Gasteiger charge is 2.20. The van der Waals surface area contributed by atoms with Gasteiger partial charge in [0.1, 0.15) is 5.75 Å². The van der Waals surface area contributed by atoms with Crippen molar-refractivity contribution in [2.24, 2.45) is 0 Å². The van der Waals surface area contributed by atoms with Gasteiger partial charge in [0.25, 0.3) is 5.56 Å². The van der Waals surface area contributed by atoms with Crippen molar-refractivity contribution in [1.82, 2.24) is 29.8 Å². The molecule has 0 radical (unpaired) electrons. The zero-order valence-corrected chi connectivity index (χ0v) is 20.0. The molecule has 176 valence electrons. The van der Waals surface area contributed by atoms with Crippen LogP contribution in [0.25, 0.3) is 22.4 Å². The number of para-hydroxylation sites is 1. The first-order valence-corrected chi connectivity index (χ1v) is 11.4. The number of hydrogen-bond donors (Lipinski definition) is 2. The molecule has 4 rings (SSSR count). The molecular weight excluding hydrogens is 456 g/mol. The highest BCUT2D eigenvalue weighted by Crippen LogP contribution is 2.24. The van der Waals surface area contributed by atoms with E-state index in [0.29, 0.717) is 33.3 Å². The predicted molar refractivity (Wildman–Crippen MR) is 130 cm³/mol. The summed E-state index contributed by atoms with van der Waals surface area (Å²) in [6.45, 7) is 5.46. The molecule has 4 aromatic rings. The van der Waals surface area contributed by atoms with Crippen LogP contribution >= 0.6 is 11.8 Å². The quantitative estimate of drug-likeness (QED) is 0.422. The van der Waals surface area contributed by atoms with E-state index in [1.165, 1.54) is 4.57 Å². The Hall–Kier alpha value is -3.86. The molecule has 0 saturated carbocycles. The average Bonchev–Trinajstić information content (AvgIpc) is 3.20. The fourth-order valence-electron chi connectivity index (χ4n) is 3.42. The predicted octanol–water partition coefficient (Wildman–Crippen LogP) is 2.76. The molecule has 2 aromatic carbocycles. The van der Waals surface area contributed by atoms with Gasteiger partial charge in [0.2, 0.25) is 11.7 Å². The summed E-state index contributed by atoms with van der Waals surface area (Å²) in [5.74, 6) is 0.347. The van der Waals surface area contributed by atoms with Gasteiger partial charge in [-0.15, -0.1) is 10.2 Å². The fourth-order valence-corrected chi connectivity index (χ4v) is 4.16. The minimum Gasteiger partial charge on any atom is -0.497 e. The number of fused-ring (bicyclic) bond motifs is 3. The zero-order valence-electron chi connectivity index (χ0n) is 19.2. The maximum atomic E-state index is 13.4. The van der Waals surface area contributed by atoms with Gasteiger partial charge in [-0.3, -0.25) is 19.3 Å². The van der Waals surface area contributed by atoms with E-state index < -0.39 is 17.5 Å². The second-order valence-corrected chi connectivity index (χ2v) is 9.46. The number of methoxy groups -OCH3 is 1. The molecule has 11 heteroatoms. The molecule has 2 aromatic heterocycles. The highest BCUT2D eigenvalue weighted by molar-refractivity contribution is 7.99. The summed E-state index contributed by atoms with van der Waals surface area (Å²) < 4.78 is 8.49. The topological polar surface area (TPSA) is 120 Å². The third kappa shape index (κ3) is 4.74. The number of carbonyl (C=O) groups is 2. The molecule has 0 spiro atoms. The van der Waals surface area contributed by atoms with Gasteiger partial charge >= 0.3 is 6.03 Å². The molecule has 10 nitrogen and oxygen atoms in total. The minimum absolute atomic E-state index is 0.0645. The summed E-state index contributed by atoms with van der Waals surface area (Å²) in [4.78, 5) is 37.7. The standard InChI is InChI=1S/C23H24N6O4S/c1-23(2,3)25-20(32)24-18(30)13-34-22-27-26-21-28(14-8-7-9-15(12-14)33-4)19(31)16-10-5-6-11-17(16)29(21)22/h5-12H,13H2,1-4H3,(H2,24,25,30,32). The van der Waals surface area contributed by atoms with Gasteiger partial charge in [-0.2, -0.15) is 0 Å². The maximum Gasteiger partial charge on any atom is 0.321 e. The van der Waals surface area contributed by atoms with Crippen LogP contribution in [0.5, 0.6) is 5.75 Å². The number of amides is 3. The Morgan fingerprint density at radius 2 is 1.85 bits per heavy atom. The van der Waals surface area contributed by atoms with Gasteiger partial charge < -0.3 is 10.1 Å². The number of benzene rings is 2.